The smallest absolute Gasteiger partial charge is 0.328 e. The van der Waals surface area contributed by atoms with Crippen LogP contribution in [0.1, 0.15) is 5.56 Å². The van der Waals surface area contributed by atoms with Crippen LogP contribution < -0.4 is 4.74 Å². The fraction of sp³-hybridized carbons (Fsp3) is 0.261. The van der Waals surface area contributed by atoms with Crippen LogP contribution in [0, 0.1) is 0 Å². The number of fused-ring (bicyclic) bond motifs is 2. The van der Waals surface area contributed by atoms with E-state index in [4.69, 9.17) is 19.9 Å². The molecule has 10 heteroatoms. The second-order valence-electron chi connectivity index (χ2n) is 7.42. The van der Waals surface area contributed by atoms with Crippen molar-refractivity contribution in [3.8, 4) is 11.5 Å². The monoisotopic (exact) mass is 471 g/mol. The normalized spacial score (nSPS) is 16.3. The summed E-state index contributed by atoms with van der Waals surface area (Å²) in [6.45, 7) is 3.82. The first-order chi connectivity index (χ1) is 15.7. The van der Waals surface area contributed by atoms with Gasteiger partial charge in [0.15, 0.2) is 5.75 Å². The Morgan fingerprint density at radius 1 is 1.00 bits per heavy atom. The molecule has 174 valence electrons. The number of carbonyl (C=O) groups is 2. The van der Waals surface area contributed by atoms with Gasteiger partial charge in [-0.2, -0.15) is 0 Å². The maximum absolute atomic E-state index is 12.0. The molecule has 9 nitrogen and oxygen atoms in total. The first-order valence-corrected chi connectivity index (χ1v) is 11.7. The molecule has 1 saturated heterocycles. The number of aliphatic carboxylic acids is 2. The van der Waals surface area contributed by atoms with Gasteiger partial charge in [0.1, 0.15) is 17.3 Å². The molecular formula is C23H25N3O6S. The van der Waals surface area contributed by atoms with E-state index < -0.39 is 22.7 Å². The van der Waals surface area contributed by atoms with Crippen LogP contribution >= 0.6 is 0 Å². The van der Waals surface area contributed by atoms with Gasteiger partial charge in [0.05, 0.1) is 5.56 Å². The quantitative estimate of drug-likeness (QED) is 0.656. The highest BCUT2D eigenvalue weighted by atomic mass is 32.2. The van der Waals surface area contributed by atoms with Gasteiger partial charge in [-0.1, -0.05) is 12.1 Å². The minimum Gasteiger partial charge on any atom is -0.478 e. The van der Waals surface area contributed by atoms with E-state index in [9.17, 15) is 13.8 Å². The van der Waals surface area contributed by atoms with Gasteiger partial charge < -0.3 is 24.7 Å². The van der Waals surface area contributed by atoms with Gasteiger partial charge >= 0.3 is 11.9 Å². The molecule has 2 heterocycles. The van der Waals surface area contributed by atoms with Crippen molar-refractivity contribution in [3.05, 3.63) is 60.2 Å². The number of rotatable bonds is 3. The largest absolute Gasteiger partial charge is 0.478 e. The van der Waals surface area contributed by atoms with Crippen LogP contribution in [0.25, 0.3) is 0 Å². The van der Waals surface area contributed by atoms with E-state index in [1.165, 1.54) is 0 Å². The zero-order valence-corrected chi connectivity index (χ0v) is 19.1. The molecule has 2 N–H and O–H groups in total. The lowest BCUT2D eigenvalue weighted by atomic mass is 10.1. The lowest BCUT2D eigenvalue weighted by Crippen LogP contribution is -2.47. The summed E-state index contributed by atoms with van der Waals surface area (Å²) in [6.07, 6.45) is 2.81. The highest BCUT2D eigenvalue weighted by Gasteiger charge is 2.25. The van der Waals surface area contributed by atoms with E-state index in [1.807, 2.05) is 42.5 Å². The molecule has 2 aliphatic heterocycles. The number of ether oxygens (including phenoxy) is 1. The number of aliphatic imine (C=N–C) groups is 1. The van der Waals surface area contributed by atoms with Crippen LogP contribution in [0.15, 0.2) is 64.5 Å². The molecular weight excluding hydrogens is 446 g/mol. The van der Waals surface area contributed by atoms with Crippen molar-refractivity contribution in [3.63, 3.8) is 0 Å². The number of carboxylic acid groups (broad SMARTS) is 2. The third-order valence-electron chi connectivity index (χ3n) is 5.01. The molecule has 0 aliphatic carbocycles. The maximum atomic E-state index is 12.0. The van der Waals surface area contributed by atoms with E-state index in [-0.39, 0.29) is 0 Å². The molecule has 0 saturated carbocycles. The summed E-state index contributed by atoms with van der Waals surface area (Å²) in [4.78, 5) is 29.4. The molecule has 0 bridgehead atoms. The molecule has 0 radical (unpaired) electrons. The van der Waals surface area contributed by atoms with Gasteiger partial charge in [0.25, 0.3) is 0 Å². The average molecular weight is 472 g/mol. The number of carboxylic acids is 2. The lowest BCUT2D eigenvalue weighted by molar-refractivity contribution is -0.134. The summed E-state index contributed by atoms with van der Waals surface area (Å²) in [6, 6.07) is 13.5. The first-order valence-electron chi connectivity index (χ1n) is 10.2. The second-order valence-corrected chi connectivity index (χ2v) is 8.80. The molecule has 1 atom stereocenters. The molecule has 0 aromatic heterocycles. The number of likely N-dealkylation sites (N-methyl/N-ethyl adjacent to an activating group) is 1. The summed E-state index contributed by atoms with van der Waals surface area (Å²) in [7, 11) is 1.09. The number of hydrogen-bond acceptors (Lipinski definition) is 7. The van der Waals surface area contributed by atoms with Crippen LogP contribution in [0.5, 0.6) is 11.5 Å². The van der Waals surface area contributed by atoms with E-state index >= 15 is 0 Å². The molecule has 33 heavy (non-hydrogen) atoms. The number of para-hydroxylation sites is 2. The fourth-order valence-electron chi connectivity index (χ4n) is 3.28. The maximum Gasteiger partial charge on any atom is 0.328 e. The van der Waals surface area contributed by atoms with Gasteiger partial charge in [0, 0.05) is 60.3 Å². The summed E-state index contributed by atoms with van der Waals surface area (Å²) < 4.78 is 18.1. The van der Waals surface area contributed by atoms with E-state index in [0.29, 0.717) is 12.2 Å². The highest BCUT2D eigenvalue weighted by molar-refractivity contribution is 7.84. The minimum absolute atomic E-state index is 0.558. The summed E-state index contributed by atoms with van der Waals surface area (Å²) in [5.74, 6) is -0.102. The zero-order valence-electron chi connectivity index (χ0n) is 18.3. The summed E-state index contributed by atoms with van der Waals surface area (Å²) in [5, 5.41) is 15.6. The summed E-state index contributed by atoms with van der Waals surface area (Å²) >= 11 is 0. The van der Waals surface area contributed by atoms with Gasteiger partial charge in [0.2, 0.25) is 0 Å². The zero-order chi connectivity index (χ0) is 24.0. The van der Waals surface area contributed by atoms with Crippen molar-refractivity contribution in [1.82, 2.24) is 9.80 Å². The topological polar surface area (TPSA) is 120 Å². The molecule has 0 spiro atoms. The third kappa shape index (κ3) is 6.50. The van der Waals surface area contributed by atoms with Crippen molar-refractivity contribution in [2.45, 2.75) is 4.90 Å². The second kappa shape index (κ2) is 10.9. The van der Waals surface area contributed by atoms with Crippen molar-refractivity contribution >= 4 is 34.3 Å². The molecule has 2 aromatic carbocycles. The Morgan fingerprint density at radius 2 is 1.64 bits per heavy atom. The first kappa shape index (κ1) is 24.1. The third-order valence-corrected chi connectivity index (χ3v) is 5.92. The Labute approximate surface area is 194 Å². The van der Waals surface area contributed by atoms with Crippen molar-refractivity contribution in [2.75, 3.05) is 39.5 Å². The number of nitrogens with zero attached hydrogens (tertiary/aromatic N) is 3. The number of benzene rings is 2. The molecule has 2 aromatic rings. The molecule has 1 unspecified atom stereocenters. The summed E-state index contributed by atoms with van der Waals surface area (Å²) in [5.41, 5.74) is 1.74. The van der Waals surface area contributed by atoms with Crippen LogP contribution in [0.3, 0.4) is 0 Å². The van der Waals surface area contributed by atoms with Crippen LogP contribution in [-0.4, -0.2) is 81.5 Å². The Bertz CT molecular complexity index is 1110. The predicted octanol–water partition coefficient (Wildman–Crippen LogP) is 2.57. The Morgan fingerprint density at radius 3 is 2.24 bits per heavy atom. The molecule has 2 aliphatic rings. The lowest BCUT2D eigenvalue weighted by Gasteiger charge is -2.34. The molecule has 1 fully saturated rings. The fourth-order valence-corrected chi connectivity index (χ4v) is 3.83. The van der Waals surface area contributed by atoms with Gasteiger partial charge in [-0.3, -0.25) is 4.21 Å². The van der Waals surface area contributed by atoms with Crippen LogP contribution in [-0.2, 0) is 20.4 Å². The Kier molecular flexibility index (Phi) is 7.96. The number of piperazine rings is 1. The van der Waals surface area contributed by atoms with Crippen molar-refractivity contribution in [1.29, 1.82) is 0 Å². The van der Waals surface area contributed by atoms with E-state index in [1.54, 1.807) is 6.26 Å². The standard InChI is InChI=1S/C19H21N3O2S.C4H4O4/c1-21-9-11-22(12-10-21)19-15-13-14(25(2)23)7-8-17(15)24-18-6-4-3-5-16(18)20-19;5-3(6)1-2-4(7)8/h3-8,13H,9-12H2,1-2H3;1-2H,(H,5,6)(H,7,8). The molecule has 4 rings (SSSR count). The van der Waals surface area contributed by atoms with Crippen LogP contribution in [0.2, 0.25) is 0 Å². The van der Waals surface area contributed by atoms with Crippen molar-refractivity contribution in [2.24, 2.45) is 4.99 Å². The SMILES string of the molecule is CN1CCN(C2=Nc3ccccc3Oc3ccc(S(C)=O)cc32)CC1.O=C(O)C=CC(=O)O. The highest BCUT2D eigenvalue weighted by Crippen LogP contribution is 2.38. The van der Waals surface area contributed by atoms with E-state index in [0.717, 1.165) is 59.7 Å². The van der Waals surface area contributed by atoms with Gasteiger partial charge in [-0.15, -0.1) is 0 Å². The minimum atomic E-state index is -1.26. The van der Waals surface area contributed by atoms with Gasteiger partial charge in [-0.25, -0.2) is 14.6 Å². The number of hydrogen-bond donors (Lipinski definition) is 2. The Balaban J connectivity index is 0.000000331. The van der Waals surface area contributed by atoms with E-state index in [2.05, 4.69) is 16.8 Å². The predicted molar refractivity (Wildman–Crippen MR) is 125 cm³/mol. The van der Waals surface area contributed by atoms with Crippen molar-refractivity contribution < 1.29 is 28.7 Å². The number of amidine groups is 1. The Hall–Kier alpha value is -3.50. The molecule has 0 amide bonds. The average Bonchev–Trinajstić information content (AvgIpc) is 2.95. The van der Waals surface area contributed by atoms with Crippen LogP contribution in [0.4, 0.5) is 5.69 Å². The van der Waals surface area contributed by atoms with Gasteiger partial charge in [-0.05, 0) is 37.4 Å².